The van der Waals surface area contributed by atoms with Crippen molar-refractivity contribution in [2.24, 2.45) is 0 Å². The molecule has 182 valence electrons. The van der Waals surface area contributed by atoms with Crippen molar-refractivity contribution in [3.05, 3.63) is 65.2 Å². The van der Waals surface area contributed by atoms with Crippen LogP contribution in [0.15, 0.2) is 48.5 Å². The molecule has 2 amide bonds. The molecule has 0 fully saturated rings. The van der Waals surface area contributed by atoms with E-state index in [1.54, 1.807) is 31.2 Å². The minimum absolute atomic E-state index is 0.105. The Morgan fingerprint density at radius 2 is 1.29 bits per heavy atom. The average molecular weight is 488 g/mol. The number of hydrogen-bond acceptors (Lipinski definition) is 8. The van der Waals surface area contributed by atoms with E-state index in [1.807, 2.05) is 24.3 Å². The number of carbonyl (C=O) groups excluding carboxylic acids is 3. The van der Waals surface area contributed by atoms with Crippen LogP contribution in [0.4, 0.5) is 0 Å². The molecule has 3 rings (SSSR count). The van der Waals surface area contributed by atoms with Gasteiger partial charge in [0.05, 0.1) is 57.3 Å². The van der Waals surface area contributed by atoms with Crippen LogP contribution in [0.3, 0.4) is 0 Å². The lowest BCUT2D eigenvalue weighted by atomic mass is 10.1. The highest BCUT2D eigenvalue weighted by atomic mass is 32.2. The van der Waals surface area contributed by atoms with Gasteiger partial charge in [-0.15, -0.1) is 0 Å². The van der Waals surface area contributed by atoms with Gasteiger partial charge in [-0.1, -0.05) is 36.0 Å². The number of thioether (sulfide) groups is 1. The van der Waals surface area contributed by atoms with Gasteiger partial charge in [-0.05, 0) is 29.8 Å². The maximum atomic E-state index is 12.2. The summed E-state index contributed by atoms with van der Waals surface area (Å²) in [6.07, 6.45) is 0. The Labute approximate surface area is 203 Å². The fourth-order valence-electron chi connectivity index (χ4n) is 3.23. The molecule has 0 spiro atoms. The van der Waals surface area contributed by atoms with Gasteiger partial charge in [-0.25, -0.2) is 0 Å². The molecule has 0 saturated carbocycles. The van der Waals surface area contributed by atoms with Gasteiger partial charge >= 0.3 is 0 Å². The van der Waals surface area contributed by atoms with Crippen molar-refractivity contribution in [3.63, 3.8) is 0 Å². The number of nitrogens with zero attached hydrogens (tertiary/aromatic N) is 1. The Hall–Kier alpha value is -2.72. The lowest BCUT2D eigenvalue weighted by Gasteiger charge is -2.13. The first-order valence-electron chi connectivity index (χ1n) is 11.1. The zero-order valence-corrected chi connectivity index (χ0v) is 20.0. The summed E-state index contributed by atoms with van der Waals surface area (Å²) in [5.41, 5.74) is 1.97. The molecule has 0 saturated heterocycles. The monoisotopic (exact) mass is 487 g/mol. The maximum Gasteiger partial charge on any atom is 0.261 e. The maximum absolute atomic E-state index is 12.2. The van der Waals surface area contributed by atoms with Gasteiger partial charge in [0, 0.05) is 12.7 Å². The SMILES string of the molecule is CC(=O)SCc1ccc(OCCOCCOCCOCCN2C(=O)c3ccccc3C2=O)cc1. The fourth-order valence-corrected chi connectivity index (χ4v) is 3.79. The summed E-state index contributed by atoms with van der Waals surface area (Å²) >= 11 is 1.28. The van der Waals surface area contributed by atoms with Gasteiger partial charge in [0.1, 0.15) is 12.4 Å². The van der Waals surface area contributed by atoms with E-state index in [9.17, 15) is 14.4 Å². The van der Waals surface area contributed by atoms with Crippen molar-refractivity contribution in [1.29, 1.82) is 0 Å². The Morgan fingerprint density at radius 3 is 1.85 bits per heavy atom. The van der Waals surface area contributed by atoms with Crippen LogP contribution >= 0.6 is 11.8 Å². The summed E-state index contributed by atoms with van der Waals surface area (Å²) in [4.78, 5) is 36.7. The summed E-state index contributed by atoms with van der Waals surface area (Å²) in [5, 5.41) is 0.105. The molecule has 2 aromatic carbocycles. The average Bonchev–Trinajstić information content (AvgIpc) is 3.09. The first kappa shape index (κ1) is 25.9. The highest BCUT2D eigenvalue weighted by molar-refractivity contribution is 8.12. The highest BCUT2D eigenvalue weighted by Gasteiger charge is 2.34. The number of carbonyl (C=O) groups is 3. The summed E-state index contributed by atoms with van der Waals surface area (Å²) < 4.78 is 22.0. The van der Waals surface area contributed by atoms with Crippen molar-refractivity contribution in [2.45, 2.75) is 12.7 Å². The van der Waals surface area contributed by atoms with E-state index in [2.05, 4.69) is 0 Å². The van der Waals surface area contributed by atoms with E-state index in [4.69, 9.17) is 18.9 Å². The van der Waals surface area contributed by atoms with Gasteiger partial charge in [0.25, 0.3) is 11.8 Å². The van der Waals surface area contributed by atoms with Crippen molar-refractivity contribution in [1.82, 2.24) is 4.90 Å². The molecule has 0 N–H and O–H groups in total. The van der Waals surface area contributed by atoms with Gasteiger partial charge in [0.15, 0.2) is 5.12 Å². The molecule has 0 bridgehead atoms. The second-order valence-corrected chi connectivity index (χ2v) is 8.57. The third-order valence-corrected chi connectivity index (χ3v) is 5.83. The lowest BCUT2D eigenvalue weighted by Crippen LogP contribution is -2.33. The first-order valence-corrected chi connectivity index (χ1v) is 12.1. The van der Waals surface area contributed by atoms with E-state index >= 15 is 0 Å². The predicted octanol–water partition coefficient (Wildman–Crippen LogP) is 3.19. The number of imide groups is 1. The normalized spacial score (nSPS) is 12.8. The number of benzene rings is 2. The molecule has 1 aliphatic rings. The van der Waals surface area contributed by atoms with E-state index in [0.29, 0.717) is 56.5 Å². The summed E-state index contributed by atoms with van der Waals surface area (Å²) in [7, 11) is 0. The number of rotatable bonds is 15. The van der Waals surface area contributed by atoms with E-state index in [0.717, 1.165) is 11.3 Å². The molecule has 0 aliphatic carbocycles. The zero-order chi connectivity index (χ0) is 24.2. The van der Waals surface area contributed by atoms with Crippen LogP contribution in [0.5, 0.6) is 5.75 Å². The van der Waals surface area contributed by atoms with Crippen molar-refractivity contribution in [3.8, 4) is 5.75 Å². The van der Waals surface area contributed by atoms with Crippen LogP contribution in [0, 0.1) is 0 Å². The number of amides is 2. The molecular formula is C25H29NO7S. The molecule has 1 aliphatic heterocycles. The Bertz CT molecular complexity index is 929. The molecule has 1 heterocycles. The van der Waals surface area contributed by atoms with Crippen LogP contribution < -0.4 is 4.74 Å². The quantitative estimate of drug-likeness (QED) is 0.279. The van der Waals surface area contributed by atoms with Gasteiger partial charge < -0.3 is 18.9 Å². The summed E-state index contributed by atoms with van der Waals surface area (Å²) in [6.45, 7) is 4.57. The van der Waals surface area contributed by atoms with E-state index in [-0.39, 0.29) is 30.1 Å². The third-order valence-electron chi connectivity index (χ3n) is 4.94. The number of ether oxygens (including phenoxy) is 4. The Balaban J connectivity index is 1.14. The molecular weight excluding hydrogens is 458 g/mol. The largest absolute Gasteiger partial charge is 0.491 e. The molecule has 9 heteroatoms. The molecule has 0 atom stereocenters. The van der Waals surface area contributed by atoms with Gasteiger partial charge in [-0.3, -0.25) is 19.3 Å². The first-order chi connectivity index (χ1) is 16.6. The fraction of sp³-hybridized carbons (Fsp3) is 0.400. The molecule has 8 nitrogen and oxygen atoms in total. The highest BCUT2D eigenvalue weighted by Crippen LogP contribution is 2.22. The number of fused-ring (bicyclic) bond motifs is 1. The third kappa shape index (κ3) is 7.95. The van der Waals surface area contributed by atoms with E-state index in [1.165, 1.54) is 16.7 Å². The number of hydrogen-bond donors (Lipinski definition) is 0. The minimum atomic E-state index is -0.276. The van der Waals surface area contributed by atoms with Crippen LogP contribution in [-0.4, -0.2) is 74.6 Å². The minimum Gasteiger partial charge on any atom is -0.491 e. The Morgan fingerprint density at radius 1 is 0.765 bits per heavy atom. The topological polar surface area (TPSA) is 91.4 Å². The lowest BCUT2D eigenvalue weighted by molar-refractivity contribution is -0.109. The smallest absolute Gasteiger partial charge is 0.261 e. The van der Waals surface area contributed by atoms with Crippen molar-refractivity contribution >= 4 is 28.7 Å². The molecule has 0 aromatic heterocycles. The van der Waals surface area contributed by atoms with Gasteiger partial charge in [0.2, 0.25) is 0 Å². The molecule has 34 heavy (non-hydrogen) atoms. The summed E-state index contributed by atoms with van der Waals surface area (Å²) in [5.74, 6) is 0.871. The standard InChI is InChI=1S/C25H29NO7S/c1-19(27)34-18-20-6-8-21(9-7-20)33-17-16-32-15-14-31-13-12-30-11-10-26-24(28)22-4-2-3-5-23(22)25(26)29/h2-9H,10-18H2,1H3. The molecule has 0 unspecified atom stereocenters. The van der Waals surface area contributed by atoms with Crippen LogP contribution in [0.1, 0.15) is 33.2 Å². The zero-order valence-electron chi connectivity index (χ0n) is 19.2. The van der Waals surface area contributed by atoms with Crippen molar-refractivity contribution in [2.75, 3.05) is 52.8 Å². The second-order valence-electron chi connectivity index (χ2n) is 7.42. The van der Waals surface area contributed by atoms with Crippen molar-refractivity contribution < 1.29 is 33.3 Å². The Kier molecular flexibility index (Phi) is 10.6. The van der Waals surface area contributed by atoms with Crippen LogP contribution in [0.2, 0.25) is 0 Å². The van der Waals surface area contributed by atoms with Crippen LogP contribution in [0.25, 0.3) is 0 Å². The second kappa shape index (κ2) is 13.9. The summed E-state index contributed by atoms with van der Waals surface area (Å²) in [6, 6.07) is 14.5. The molecule has 0 radical (unpaired) electrons. The molecule has 2 aromatic rings. The van der Waals surface area contributed by atoms with Gasteiger partial charge in [-0.2, -0.15) is 0 Å². The van der Waals surface area contributed by atoms with Crippen LogP contribution in [-0.2, 0) is 24.8 Å². The predicted molar refractivity (Wildman–Crippen MR) is 128 cm³/mol. The van der Waals surface area contributed by atoms with E-state index < -0.39 is 0 Å².